The third kappa shape index (κ3) is 4.86. The van der Waals surface area contributed by atoms with Gasteiger partial charge in [0, 0.05) is 0 Å². The topological polar surface area (TPSA) is 246 Å². The molecule has 2 unspecified atom stereocenters. The van der Waals surface area contributed by atoms with Crippen LogP contribution in [0.5, 0.6) is 0 Å². The first-order chi connectivity index (χ1) is 18.4. The number of rotatable bonds is 10. The fraction of sp³-hybridized carbons (Fsp3) is 1.00. The maximum Gasteiger partial charge on any atom is 0.483 e. The van der Waals surface area contributed by atoms with E-state index in [1.807, 2.05) is 0 Å². The van der Waals surface area contributed by atoms with Gasteiger partial charge in [0.25, 0.3) is 0 Å². The number of hydrogen-bond acceptors (Lipinski definition) is 14. The Hall–Kier alpha value is -4.44. The predicted octanol–water partition coefficient (Wildman–Crippen LogP) is -2.49. The number of hydrogen-bond donors (Lipinski definition) is 1. The fourth-order valence-electron chi connectivity index (χ4n) is 4.82. The third-order valence-electron chi connectivity index (χ3n) is 6.20. The SMILES string of the molecule is O=[N+](OC12CN([N+](=O)[O-])CC(N(F)F)(CN([N+](=O)[O-])C1)O2)OC12CN([N+](=O)[O-])CC(N(F)F)(CN([N+](=O)O)C1)O2. The van der Waals surface area contributed by atoms with Crippen LogP contribution in [-0.2, 0) is 19.1 Å². The average molecular weight is 599 g/mol. The van der Waals surface area contributed by atoms with Crippen LogP contribution >= 0.6 is 0 Å². The van der Waals surface area contributed by atoms with Crippen molar-refractivity contribution in [3.63, 3.8) is 0 Å². The molecule has 0 saturated carbocycles. The van der Waals surface area contributed by atoms with Crippen LogP contribution in [0.4, 0.5) is 17.9 Å². The molecule has 4 bridgehead atoms. The highest BCUT2D eigenvalue weighted by atomic mass is 19.4. The molecule has 0 aromatic carbocycles. The maximum atomic E-state index is 13.9. The van der Waals surface area contributed by atoms with E-state index < -0.39 is 111 Å². The van der Waals surface area contributed by atoms with E-state index in [0.717, 1.165) is 0 Å². The van der Waals surface area contributed by atoms with Crippen LogP contribution < -0.4 is 0 Å². The van der Waals surface area contributed by atoms with E-state index in [-0.39, 0.29) is 20.0 Å². The molecule has 4 heterocycles. The van der Waals surface area contributed by atoms with Crippen LogP contribution in [0.3, 0.4) is 0 Å². The molecular formula is C12H17F4N11O13+2. The van der Waals surface area contributed by atoms with Gasteiger partial charge >= 0.3 is 21.7 Å². The summed E-state index contributed by atoms with van der Waals surface area (Å²) in [7, 11) is 0. The third-order valence-corrected chi connectivity index (χ3v) is 6.20. The Morgan fingerprint density at radius 1 is 0.625 bits per heavy atom. The normalized spacial score (nSPS) is 33.5. The van der Waals surface area contributed by atoms with Gasteiger partial charge < -0.3 is 9.47 Å². The van der Waals surface area contributed by atoms with Crippen molar-refractivity contribution in [1.82, 2.24) is 30.7 Å². The van der Waals surface area contributed by atoms with Crippen molar-refractivity contribution >= 4 is 0 Å². The largest absolute Gasteiger partial charge is 0.483 e. The second kappa shape index (κ2) is 9.34. The Labute approximate surface area is 214 Å². The van der Waals surface area contributed by atoms with E-state index in [0.29, 0.717) is 0 Å². The van der Waals surface area contributed by atoms with Gasteiger partial charge in [-0.1, -0.05) is 22.9 Å². The molecule has 1 N–H and O–H groups in total. The van der Waals surface area contributed by atoms with Crippen LogP contribution in [0, 0.1) is 40.2 Å². The van der Waals surface area contributed by atoms with Crippen molar-refractivity contribution in [2.45, 2.75) is 23.0 Å². The fourth-order valence-corrected chi connectivity index (χ4v) is 4.82. The van der Waals surface area contributed by atoms with E-state index in [1.165, 1.54) is 0 Å². The lowest BCUT2D eigenvalue weighted by molar-refractivity contribution is -1.03. The minimum Gasteiger partial charge on any atom is -0.300 e. The molecule has 40 heavy (non-hydrogen) atoms. The minimum absolute atomic E-state index is 0.0865. The molecule has 4 rings (SSSR count). The molecule has 2 atom stereocenters. The summed E-state index contributed by atoms with van der Waals surface area (Å²) >= 11 is 0. The molecule has 224 valence electrons. The van der Waals surface area contributed by atoms with Crippen LogP contribution in [0.1, 0.15) is 0 Å². The lowest BCUT2D eigenvalue weighted by Gasteiger charge is -2.49. The van der Waals surface area contributed by atoms with Crippen molar-refractivity contribution in [2.75, 3.05) is 52.4 Å². The lowest BCUT2D eigenvalue weighted by atomic mass is 10.0. The average Bonchev–Trinajstić information content (AvgIpc) is 2.81. The summed E-state index contributed by atoms with van der Waals surface area (Å²) in [6.07, 6.45) is 0. The standard InChI is InChI=1S/C12H17F4N11O13/c13-21(14)9-1-17(23(28)29)5-11(37-9,6-18(2-9)24(30)31)39-27(36)40-12-7-19(25(32)33)3-10(38-12,22(15)16)4-20(8-12)26(34)35/h1-8H2,(H,28,29)/q+2. The summed E-state index contributed by atoms with van der Waals surface area (Å²) in [6.45, 7) is -9.73. The van der Waals surface area contributed by atoms with Crippen molar-refractivity contribution in [1.29, 1.82) is 0 Å². The van der Waals surface area contributed by atoms with Gasteiger partial charge in [-0.05, 0) is 0 Å². The molecule has 0 radical (unpaired) electrons. The van der Waals surface area contributed by atoms with Gasteiger partial charge in [-0.15, -0.1) is 24.7 Å². The van der Waals surface area contributed by atoms with Crippen LogP contribution in [-0.4, -0.2) is 137 Å². The van der Waals surface area contributed by atoms with Crippen molar-refractivity contribution in [2.24, 2.45) is 0 Å². The summed E-state index contributed by atoms with van der Waals surface area (Å²) < 4.78 is 65.7. The van der Waals surface area contributed by atoms with Gasteiger partial charge in [0.15, 0.2) is 41.3 Å². The predicted molar refractivity (Wildman–Crippen MR) is 99.7 cm³/mol. The molecule has 0 aromatic rings. The van der Waals surface area contributed by atoms with Crippen LogP contribution in [0.25, 0.3) is 0 Å². The highest BCUT2D eigenvalue weighted by molar-refractivity contribution is 4.96. The van der Waals surface area contributed by atoms with Gasteiger partial charge in [0.05, 0.1) is 10.7 Å². The first-order valence-corrected chi connectivity index (χ1v) is 10.5. The molecule has 24 nitrogen and oxygen atoms in total. The summed E-state index contributed by atoms with van der Waals surface area (Å²) in [6, 6.07) is 0. The van der Waals surface area contributed by atoms with Crippen molar-refractivity contribution < 1.29 is 67.5 Å². The highest BCUT2D eigenvalue weighted by Gasteiger charge is 2.71. The number of nitrogens with zero attached hydrogens (tertiary/aromatic N) is 11. The number of fused-ring (bicyclic) bond motifs is 4. The number of nitro groups is 3. The van der Waals surface area contributed by atoms with Gasteiger partial charge in [0.2, 0.25) is 11.4 Å². The van der Waals surface area contributed by atoms with Gasteiger partial charge in [-0.25, -0.2) is 35.6 Å². The summed E-state index contributed by atoms with van der Waals surface area (Å²) in [5, 5.41) is 35.0. The Bertz CT molecular complexity index is 984. The molecule has 4 saturated heterocycles. The van der Waals surface area contributed by atoms with E-state index in [2.05, 4.69) is 0 Å². The molecule has 28 heteroatoms. The summed E-state index contributed by atoms with van der Waals surface area (Å²) in [5.41, 5.74) is -6.19. The molecular weight excluding hydrogens is 582 g/mol. The Morgan fingerprint density at radius 2 is 0.925 bits per heavy atom. The second-order valence-electron chi connectivity index (χ2n) is 9.05. The number of halogens is 4. The van der Waals surface area contributed by atoms with E-state index in [4.69, 9.17) is 19.1 Å². The number of ether oxygens (including phenoxy) is 2. The van der Waals surface area contributed by atoms with Gasteiger partial charge in [-0.3, -0.25) is 0 Å². The number of morpholine rings is 4. The van der Waals surface area contributed by atoms with E-state index >= 15 is 0 Å². The quantitative estimate of drug-likeness (QED) is 0.118. The zero-order valence-electron chi connectivity index (χ0n) is 19.4. The summed E-state index contributed by atoms with van der Waals surface area (Å²) in [4.78, 5) is 68.2. The maximum absolute atomic E-state index is 13.9. The van der Waals surface area contributed by atoms with E-state index in [1.54, 1.807) is 0 Å². The molecule has 0 amide bonds. The van der Waals surface area contributed by atoms with Crippen molar-refractivity contribution in [3.8, 4) is 0 Å². The van der Waals surface area contributed by atoms with Crippen molar-refractivity contribution in [3.05, 3.63) is 40.2 Å². The monoisotopic (exact) mass is 599 g/mol. The smallest absolute Gasteiger partial charge is 0.300 e. The molecule has 0 spiro atoms. The molecule has 4 fully saturated rings. The first kappa shape index (κ1) is 28.6. The Kier molecular flexibility index (Phi) is 6.67. The van der Waals surface area contributed by atoms with Gasteiger partial charge in [-0.2, -0.15) is 0 Å². The summed E-state index contributed by atoms with van der Waals surface area (Å²) in [5.74, 6) is -5.91. The molecule has 0 aromatic heterocycles. The Balaban J connectivity index is 1.67. The Morgan fingerprint density at radius 3 is 1.20 bits per heavy atom. The molecule has 0 aliphatic carbocycles. The number of hydrazine groups is 4. The lowest BCUT2D eigenvalue weighted by Crippen LogP contribution is -2.78. The first-order valence-electron chi connectivity index (χ1n) is 10.5. The second-order valence-corrected chi connectivity index (χ2v) is 9.05. The molecule has 4 aliphatic heterocycles. The van der Waals surface area contributed by atoms with Gasteiger partial charge in [0.1, 0.15) is 36.0 Å². The zero-order valence-corrected chi connectivity index (χ0v) is 19.4. The molecule has 4 aliphatic rings. The minimum atomic E-state index is -3.11. The van der Waals surface area contributed by atoms with Crippen LogP contribution in [0.2, 0.25) is 0 Å². The van der Waals surface area contributed by atoms with Crippen LogP contribution in [0.15, 0.2) is 0 Å². The zero-order chi connectivity index (χ0) is 29.8. The van der Waals surface area contributed by atoms with E-state index in [9.17, 15) is 63.3 Å². The highest BCUT2D eigenvalue weighted by Crippen LogP contribution is 2.41.